The molecule has 0 fully saturated rings. The maximum Gasteiger partial charge on any atom is 0.573 e. The van der Waals surface area contributed by atoms with Gasteiger partial charge in [-0.15, -0.1) is 13.2 Å². The van der Waals surface area contributed by atoms with E-state index in [1.54, 1.807) is 0 Å². The van der Waals surface area contributed by atoms with E-state index >= 15 is 0 Å². The molecule has 0 aliphatic heterocycles. The van der Waals surface area contributed by atoms with Crippen LogP contribution in [0.25, 0.3) is 0 Å². The molecule has 1 heterocycles. The van der Waals surface area contributed by atoms with Crippen LogP contribution in [0.15, 0.2) is 10.8 Å². The van der Waals surface area contributed by atoms with Gasteiger partial charge >= 0.3 is 6.36 Å². The van der Waals surface area contributed by atoms with Gasteiger partial charge in [-0.1, -0.05) is 0 Å². The number of hydrogen-bond acceptors (Lipinski definition) is 3. The topological polar surface area (TPSA) is 45.9 Å². The molecule has 80 valence electrons. The van der Waals surface area contributed by atoms with Crippen LogP contribution in [0.4, 0.5) is 17.6 Å². The molecule has 0 aliphatic rings. The highest BCUT2D eigenvalue weighted by atomic mass is 79.9. The SMILES string of the molecule is N#Cc1c(F)cnc(Br)c1OC(F)(F)F. The average molecular weight is 285 g/mol. The summed E-state index contributed by atoms with van der Waals surface area (Å²) in [4.78, 5) is 3.24. The second kappa shape index (κ2) is 4.02. The summed E-state index contributed by atoms with van der Waals surface area (Å²) >= 11 is 2.62. The molecule has 0 amide bonds. The van der Waals surface area contributed by atoms with Crippen LogP contribution in [-0.2, 0) is 0 Å². The van der Waals surface area contributed by atoms with E-state index in [0.29, 0.717) is 6.20 Å². The van der Waals surface area contributed by atoms with Crippen LogP contribution >= 0.6 is 15.9 Å². The van der Waals surface area contributed by atoms with E-state index in [1.165, 1.54) is 6.07 Å². The van der Waals surface area contributed by atoms with Crippen molar-refractivity contribution in [2.75, 3.05) is 0 Å². The van der Waals surface area contributed by atoms with Crippen LogP contribution in [-0.4, -0.2) is 11.3 Å². The first-order chi connectivity index (χ1) is 6.85. The number of pyridine rings is 1. The summed E-state index contributed by atoms with van der Waals surface area (Å²) in [6, 6.07) is 1.26. The minimum atomic E-state index is -5.01. The van der Waals surface area contributed by atoms with E-state index in [9.17, 15) is 17.6 Å². The van der Waals surface area contributed by atoms with Gasteiger partial charge in [-0.25, -0.2) is 9.37 Å². The lowest BCUT2D eigenvalue weighted by Crippen LogP contribution is -2.18. The molecule has 1 rings (SSSR count). The highest BCUT2D eigenvalue weighted by molar-refractivity contribution is 9.10. The van der Waals surface area contributed by atoms with Crippen molar-refractivity contribution in [3.05, 3.63) is 22.2 Å². The standard InChI is InChI=1S/C7HBrF4N2O/c8-6-5(15-7(10,11)12)3(1-13)4(9)2-14-6/h2H. The molecular weight excluding hydrogens is 284 g/mol. The Morgan fingerprint density at radius 3 is 2.53 bits per heavy atom. The third-order valence-electron chi connectivity index (χ3n) is 1.27. The van der Waals surface area contributed by atoms with Crippen LogP contribution in [0.2, 0.25) is 0 Å². The molecule has 0 saturated heterocycles. The van der Waals surface area contributed by atoms with Gasteiger partial charge in [-0.3, -0.25) is 0 Å². The minimum Gasteiger partial charge on any atom is -0.401 e. The molecule has 1 aromatic heterocycles. The highest BCUT2D eigenvalue weighted by Crippen LogP contribution is 2.32. The molecular formula is C7HBrF4N2O. The van der Waals surface area contributed by atoms with E-state index in [1.807, 2.05) is 0 Å². The van der Waals surface area contributed by atoms with E-state index < -0.39 is 28.1 Å². The first-order valence-electron chi connectivity index (χ1n) is 3.35. The second-order valence-corrected chi connectivity index (χ2v) is 3.01. The van der Waals surface area contributed by atoms with E-state index in [-0.39, 0.29) is 0 Å². The van der Waals surface area contributed by atoms with Crippen molar-refractivity contribution in [2.45, 2.75) is 6.36 Å². The zero-order chi connectivity index (χ0) is 11.6. The molecule has 15 heavy (non-hydrogen) atoms. The van der Waals surface area contributed by atoms with Gasteiger partial charge < -0.3 is 4.74 Å². The van der Waals surface area contributed by atoms with Crippen LogP contribution in [0, 0.1) is 17.1 Å². The number of rotatable bonds is 1. The number of alkyl halides is 3. The zero-order valence-corrected chi connectivity index (χ0v) is 8.36. The van der Waals surface area contributed by atoms with Crippen molar-refractivity contribution < 1.29 is 22.3 Å². The first-order valence-corrected chi connectivity index (χ1v) is 4.14. The molecule has 0 unspecified atom stereocenters. The van der Waals surface area contributed by atoms with Gasteiger partial charge in [0.2, 0.25) is 0 Å². The molecule has 0 radical (unpaired) electrons. The van der Waals surface area contributed by atoms with Crippen LogP contribution in [0.5, 0.6) is 5.75 Å². The van der Waals surface area contributed by atoms with Gasteiger partial charge in [-0.2, -0.15) is 5.26 Å². The maximum atomic E-state index is 12.9. The number of halogens is 5. The Morgan fingerprint density at radius 2 is 2.07 bits per heavy atom. The van der Waals surface area contributed by atoms with Crippen LogP contribution in [0.3, 0.4) is 0 Å². The van der Waals surface area contributed by atoms with Gasteiger partial charge in [-0.05, 0) is 15.9 Å². The molecule has 0 spiro atoms. The maximum absolute atomic E-state index is 12.9. The molecule has 0 aromatic carbocycles. The van der Waals surface area contributed by atoms with Crippen molar-refractivity contribution >= 4 is 15.9 Å². The summed E-state index contributed by atoms with van der Waals surface area (Å²) in [5.41, 5.74) is -0.853. The number of nitrogens with zero attached hydrogens (tertiary/aromatic N) is 2. The van der Waals surface area contributed by atoms with Crippen molar-refractivity contribution in [1.82, 2.24) is 4.98 Å². The fraction of sp³-hybridized carbons (Fsp3) is 0.143. The van der Waals surface area contributed by atoms with Crippen molar-refractivity contribution in [3.8, 4) is 11.8 Å². The lowest BCUT2D eigenvalue weighted by Gasteiger charge is -2.11. The lowest BCUT2D eigenvalue weighted by atomic mass is 10.2. The Bertz CT molecular complexity index is 426. The summed E-state index contributed by atoms with van der Waals surface area (Å²) in [5, 5.41) is 8.43. The Morgan fingerprint density at radius 1 is 1.47 bits per heavy atom. The van der Waals surface area contributed by atoms with E-state index in [4.69, 9.17) is 5.26 Å². The number of hydrogen-bond donors (Lipinski definition) is 0. The summed E-state index contributed by atoms with van der Waals surface area (Å²) in [6.07, 6.45) is -4.39. The van der Waals surface area contributed by atoms with Crippen molar-refractivity contribution in [1.29, 1.82) is 5.26 Å². The number of nitriles is 1. The molecule has 0 N–H and O–H groups in total. The predicted molar refractivity (Wildman–Crippen MR) is 43.3 cm³/mol. The largest absolute Gasteiger partial charge is 0.573 e. The summed E-state index contributed by atoms with van der Waals surface area (Å²) in [7, 11) is 0. The third kappa shape index (κ3) is 2.79. The monoisotopic (exact) mass is 284 g/mol. The summed E-state index contributed by atoms with van der Waals surface area (Å²) in [6.45, 7) is 0. The van der Waals surface area contributed by atoms with Gasteiger partial charge in [0.15, 0.2) is 11.6 Å². The van der Waals surface area contributed by atoms with E-state index in [0.717, 1.165) is 0 Å². The van der Waals surface area contributed by atoms with Crippen molar-refractivity contribution in [2.24, 2.45) is 0 Å². The smallest absolute Gasteiger partial charge is 0.401 e. The Balaban J connectivity index is 3.28. The van der Waals surface area contributed by atoms with Gasteiger partial charge in [0, 0.05) is 0 Å². The normalized spacial score (nSPS) is 10.9. The number of aromatic nitrogens is 1. The van der Waals surface area contributed by atoms with Crippen molar-refractivity contribution in [3.63, 3.8) is 0 Å². The van der Waals surface area contributed by atoms with Gasteiger partial charge in [0.05, 0.1) is 6.20 Å². The fourth-order valence-corrected chi connectivity index (χ4v) is 1.14. The molecule has 8 heteroatoms. The Kier molecular flexibility index (Phi) is 3.14. The molecule has 0 saturated carbocycles. The second-order valence-electron chi connectivity index (χ2n) is 2.26. The van der Waals surface area contributed by atoms with Gasteiger partial charge in [0.25, 0.3) is 0 Å². The molecule has 0 bridgehead atoms. The molecule has 3 nitrogen and oxygen atoms in total. The fourth-order valence-electron chi connectivity index (χ4n) is 0.761. The lowest BCUT2D eigenvalue weighted by molar-refractivity contribution is -0.275. The number of ether oxygens (including phenoxy) is 1. The van der Waals surface area contributed by atoms with Crippen LogP contribution < -0.4 is 4.74 Å². The Hall–Kier alpha value is -1.36. The Labute approximate surface area is 89.4 Å². The summed E-state index contributed by atoms with van der Waals surface area (Å²) < 4.78 is 51.5. The van der Waals surface area contributed by atoms with Crippen LogP contribution in [0.1, 0.15) is 5.56 Å². The third-order valence-corrected chi connectivity index (χ3v) is 1.84. The predicted octanol–water partition coefficient (Wildman–Crippen LogP) is 2.75. The minimum absolute atomic E-state index is 0.391. The summed E-state index contributed by atoms with van der Waals surface area (Å²) in [5.74, 6) is -2.16. The quantitative estimate of drug-likeness (QED) is 0.588. The molecule has 0 aliphatic carbocycles. The highest BCUT2D eigenvalue weighted by Gasteiger charge is 2.34. The van der Waals surface area contributed by atoms with E-state index in [2.05, 4.69) is 25.7 Å². The zero-order valence-electron chi connectivity index (χ0n) is 6.77. The average Bonchev–Trinajstić information content (AvgIpc) is 2.10. The van der Waals surface area contributed by atoms with Gasteiger partial charge in [0.1, 0.15) is 16.2 Å². The molecule has 1 aromatic rings. The molecule has 0 atom stereocenters. The first kappa shape index (κ1) is 11.7.